The van der Waals surface area contributed by atoms with Crippen molar-refractivity contribution in [2.45, 2.75) is 6.18 Å². The fourth-order valence-corrected chi connectivity index (χ4v) is 1.73. The molecule has 0 saturated carbocycles. The van der Waals surface area contributed by atoms with E-state index in [9.17, 15) is 18.0 Å². The van der Waals surface area contributed by atoms with Gasteiger partial charge in [0.05, 0.1) is 16.3 Å². The lowest BCUT2D eigenvalue weighted by Crippen LogP contribution is -2.33. The first kappa shape index (κ1) is 13.5. The van der Waals surface area contributed by atoms with Crippen LogP contribution in [0.5, 0.6) is 0 Å². The highest BCUT2D eigenvalue weighted by Gasteiger charge is 2.28. The summed E-state index contributed by atoms with van der Waals surface area (Å²) in [6.45, 7) is -1.15. The third-order valence-corrected chi connectivity index (χ3v) is 2.59. The average Bonchev–Trinajstić information content (AvgIpc) is 2.70. The Bertz CT molecular complexity index is 456. The number of amides is 1. The minimum atomic E-state index is -4.41. The largest absolute Gasteiger partial charge is 0.405 e. The summed E-state index contributed by atoms with van der Waals surface area (Å²) in [7, 11) is 0. The van der Waals surface area contributed by atoms with Gasteiger partial charge in [0.1, 0.15) is 6.54 Å². The van der Waals surface area contributed by atoms with Gasteiger partial charge in [0.15, 0.2) is 0 Å². The van der Waals surface area contributed by atoms with E-state index in [1.165, 1.54) is 6.07 Å². The minimum Gasteiger partial charge on any atom is -0.342 e. The summed E-state index contributed by atoms with van der Waals surface area (Å²) in [5.74, 6) is 4.53. The number of carbonyl (C=O) groups is 1. The molecule has 3 nitrogen and oxygen atoms in total. The molecule has 0 fully saturated rings. The van der Waals surface area contributed by atoms with E-state index in [2.05, 4.69) is 11.8 Å². The topological polar surface area (TPSA) is 55.1 Å². The molecule has 0 unspecified atom stereocenters. The summed E-state index contributed by atoms with van der Waals surface area (Å²) < 4.78 is 35.6. The zero-order valence-corrected chi connectivity index (χ0v) is 9.41. The zero-order valence-electron chi connectivity index (χ0n) is 8.60. The van der Waals surface area contributed by atoms with Crippen molar-refractivity contribution >= 4 is 17.2 Å². The van der Waals surface area contributed by atoms with Crippen molar-refractivity contribution in [2.24, 2.45) is 5.73 Å². The van der Waals surface area contributed by atoms with Gasteiger partial charge in [0, 0.05) is 0 Å². The molecule has 0 atom stereocenters. The monoisotopic (exact) mass is 262 g/mol. The Morgan fingerprint density at radius 3 is 2.76 bits per heavy atom. The highest BCUT2D eigenvalue weighted by molar-refractivity contribution is 7.14. The van der Waals surface area contributed by atoms with E-state index in [1.807, 2.05) is 0 Å². The standard InChI is InChI=1S/C10H9F3N2OS/c11-10(12,13)6-15-9(16)8-4-3-7(17-8)2-1-5-14/h3-4H,5-6,14H2,(H,15,16). The maximum atomic E-state index is 11.9. The number of halogens is 3. The van der Waals surface area contributed by atoms with Gasteiger partial charge in [-0.1, -0.05) is 11.8 Å². The molecule has 1 heterocycles. The number of rotatable bonds is 2. The quantitative estimate of drug-likeness (QED) is 0.790. The molecule has 0 aromatic carbocycles. The molecule has 0 aliphatic carbocycles. The summed E-state index contributed by atoms with van der Waals surface area (Å²) in [6, 6.07) is 2.99. The number of hydrogen-bond donors (Lipinski definition) is 2. The molecule has 0 bridgehead atoms. The van der Waals surface area contributed by atoms with E-state index in [1.54, 1.807) is 11.4 Å². The Morgan fingerprint density at radius 2 is 2.18 bits per heavy atom. The lowest BCUT2D eigenvalue weighted by Gasteiger charge is -2.06. The van der Waals surface area contributed by atoms with E-state index in [0.717, 1.165) is 11.3 Å². The molecular weight excluding hydrogens is 253 g/mol. The van der Waals surface area contributed by atoms with Crippen molar-refractivity contribution in [3.63, 3.8) is 0 Å². The molecule has 0 radical (unpaired) electrons. The zero-order chi connectivity index (χ0) is 12.9. The lowest BCUT2D eigenvalue weighted by molar-refractivity contribution is -0.123. The number of alkyl halides is 3. The Morgan fingerprint density at radius 1 is 1.47 bits per heavy atom. The molecule has 1 rings (SSSR count). The third kappa shape index (κ3) is 4.89. The van der Waals surface area contributed by atoms with Gasteiger partial charge < -0.3 is 11.1 Å². The molecule has 92 valence electrons. The number of nitrogens with two attached hydrogens (primary N) is 1. The Kier molecular flexibility index (Phi) is 4.54. The summed E-state index contributed by atoms with van der Waals surface area (Å²) in [4.78, 5) is 12.1. The van der Waals surface area contributed by atoms with Crippen LogP contribution >= 0.6 is 11.3 Å². The first-order chi connectivity index (χ1) is 7.92. The van der Waals surface area contributed by atoms with Crippen LogP contribution in [0, 0.1) is 11.8 Å². The highest BCUT2D eigenvalue weighted by Crippen LogP contribution is 2.16. The second-order valence-corrected chi connectivity index (χ2v) is 4.05. The number of carbonyl (C=O) groups excluding carboxylic acids is 1. The fourth-order valence-electron chi connectivity index (χ4n) is 0.933. The number of hydrogen-bond acceptors (Lipinski definition) is 3. The Labute approximate surface area is 99.8 Å². The third-order valence-electron chi connectivity index (χ3n) is 1.59. The van der Waals surface area contributed by atoms with Gasteiger partial charge in [-0.25, -0.2) is 0 Å². The number of nitrogens with one attached hydrogen (secondary N) is 1. The molecule has 0 aliphatic heterocycles. The van der Waals surface area contributed by atoms with Gasteiger partial charge in [-0.15, -0.1) is 11.3 Å². The fraction of sp³-hybridized carbons (Fsp3) is 0.300. The van der Waals surface area contributed by atoms with Crippen LogP contribution in [0.15, 0.2) is 12.1 Å². The average molecular weight is 262 g/mol. The smallest absolute Gasteiger partial charge is 0.342 e. The molecule has 1 aromatic heterocycles. The van der Waals surface area contributed by atoms with Crippen LogP contribution in [0.3, 0.4) is 0 Å². The number of thiophene rings is 1. The molecular formula is C10H9F3N2OS. The van der Waals surface area contributed by atoms with E-state index in [4.69, 9.17) is 5.73 Å². The van der Waals surface area contributed by atoms with Crippen molar-refractivity contribution in [1.29, 1.82) is 0 Å². The molecule has 0 saturated heterocycles. The predicted molar refractivity (Wildman–Crippen MR) is 58.6 cm³/mol. The van der Waals surface area contributed by atoms with Gasteiger partial charge in [0.2, 0.25) is 0 Å². The van der Waals surface area contributed by atoms with Crippen LogP contribution in [0.4, 0.5) is 13.2 Å². The van der Waals surface area contributed by atoms with Crippen LogP contribution in [0.2, 0.25) is 0 Å². The van der Waals surface area contributed by atoms with E-state index < -0.39 is 18.6 Å². The van der Waals surface area contributed by atoms with Crippen molar-refractivity contribution < 1.29 is 18.0 Å². The molecule has 1 amide bonds. The minimum absolute atomic E-state index is 0.188. The van der Waals surface area contributed by atoms with Crippen LogP contribution < -0.4 is 11.1 Å². The summed E-state index contributed by atoms with van der Waals surface area (Å²) >= 11 is 1.02. The second kappa shape index (κ2) is 5.70. The molecule has 1 aromatic rings. The lowest BCUT2D eigenvalue weighted by atomic mass is 10.4. The van der Waals surface area contributed by atoms with Gasteiger partial charge in [0.25, 0.3) is 5.91 Å². The van der Waals surface area contributed by atoms with Crippen molar-refractivity contribution in [3.05, 3.63) is 21.9 Å². The maximum Gasteiger partial charge on any atom is 0.405 e. The molecule has 0 aliphatic rings. The molecule has 17 heavy (non-hydrogen) atoms. The van der Waals surface area contributed by atoms with Crippen LogP contribution in [-0.2, 0) is 0 Å². The molecule has 0 spiro atoms. The Balaban J connectivity index is 2.61. The normalized spacial score (nSPS) is 10.6. The van der Waals surface area contributed by atoms with Crippen LogP contribution in [-0.4, -0.2) is 25.2 Å². The van der Waals surface area contributed by atoms with Crippen LogP contribution in [0.1, 0.15) is 14.5 Å². The molecule has 3 N–H and O–H groups in total. The first-order valence-corrected chi connectivity index (χ1v) is 5.38. The van der Waals surface area contributed by atoms with Crippen LogP contribution in [0.25, 0.3) is 0 Å². The SMILES string of the molecule is NCC#Cc1ccc(C(=O)NCC(F)(F)F)s1. The maximum absolute atomic E-state index is 11.9. The van der Waals surface area contributed by atoms with E-state index in [0.29, 0.717) is 4.88 Å². The van der Waals surface area contributed by atoms with Gasteiger partial charge >= 0.3 is 6.18 Å². The summed E-state index contributed by atoms with van der Waals surface area (Å²) in [5.41, 5.74) is 5.17. The molecule has 7 heteroatoms. The summed E-state index contributed by atoms with van der Waals surface area (Å²) in [6.07, 6.45) is -4.41. The Hall–Kier alpha value is -1.52. The van der Waals surface area contributed by atoms with Crippen molar-refractivity contribution in [3.8, 4) is 11.8 Å². The van der Waals surface area contributed by atoms with Crippen molar-refractivity contribution in [2.75, 3.05) is 13.1 Å². The van der Waals surface area contributed by atoms with Crippen molar-refractivity contribution in [1.82, 2.24) is 5.32 Å². The second-order valence-electron chi connectivity index (χ2n) is 2.97. The van der Waals surface area contributed by atoms with Gasteiger partial charge in [-0.3, -0.25) is 4.79 Å². The first-order valence-electron chi connectivity index (χ1n) is 4.56. The van der Waals surface area contributed by atoms with E-state index in [-0.39, 0.29) is 11.4 Å². The van der Waals surface area contributed by atoms with Gasteiger partial charge in [-0.05, 0) is 12.1 Å². The predicted octanol–water partition coefficient (Wildman–Crippen LogP) is 1.35. The highest BCUT2D eigenvalue weighted by atomic mass is 32.1. The van der Waals surface area contributed by atoms with E-state index >= 15 is 0 Å². The summed E-state index contributed by atoms with van der Waals surface area (Å²) in [5, 5.41) is 1.78. The van der Waals surface area contributed by atoms with Gasteiger partial charge in [-0.2, -0.15) is 13.2 Å².